The van der Waals surface area contributed by atoms with E-state index in [0.717, 1.165) is 21.8 Å². The zero-order chi connectivity index (χ0) is 18.8. The van der Waals surface area contributed by atoms with Crippen LogP contribution in [-0.2, 0) is 9.59 Å². The van der Waals surface area contributed by atoms with E-state index in [4.69, 9.17) is 5.84 Å². The largest absolute Gasteiger partial charge is 0.293 e. The number of nitrogens with one attached hydrogen (secondary N) is 1. The molecule has 2 aliphatic heterocycles. The van der Waals surface area contributed by atoms with E-state index in [0.29, 0.717) is 12.3 Å². The Balaban J connectivity index is 1.74. The highest BCUT2D eigenvalue weighted by Gasteiger charge is 2.42. The topological polar surface area (TPSA) is 103 Å². The van der Waals surface area contributed by atoms with Crippen molar-refractivity contribution in [2.45, 2.75) is 12.5 Å². The van der Waals surface area contributed by atoms with Gasteiger partial charge in [-0.2, -0.15) is 5.10 Å². The predicted octanol–water partition coefficient (Wildman–Crippen LogP) is 0.659. The maximum atomic E-state index is 12.9. The third kappa shape index (κ3) is 3.18. The summed E-state index contributed by atoms with van der Waals surface area (Å²) in [4.78, 5) is 24.6. The number of rotatable bonds is 4. The lowest BCUT2D eigenvalue weighted by atomic mass is 10.0. The molecular weight excluding hydrogens is 344 g/mol. The number of nitrogens with zero attached hydrogens (tertiary/aromatic N) is 4. The number of nitrogens with two attached hydrogens (primary N) is 1. The van der Waals surface area contributed by atoms with Crippen LogP contribution in [0.5, 0.6) is 0 Å². The maximum Gasteiger partial charge on any atom is 0.268 e. The second kappa shape index (κ2) is 7.00. The van der Waals surface area contributed by atoms with Crippen LogP contribution in [0.25, 0.3) is 0 Å². The van der Waals surface area contributed by atoms with Crippen molar-refractivity contribution in [1.82, 2.24) is 15.4 Å². The van der Waals surface area contributed by atoms with Crippen molar-refractivity contribution in [1.29, 1.82) is 0 Å². The molecule has 0 aromatic heterocycles. The smallest absolute Gasteiger partial charge is 0.268 e. The lowest BCUT2D eigenvalue weighted by Crippen LogP contribution is -2.53. The molecule has 1 atom stereocenters. The lowest BCUT2D eigenvalue weighted by Gasteiger charge is -2.33. The van der Waals surface area contributed by atoms with Gasteiger partial charge in [-0.3, -0.25) is 15.0 Å². The third-order valence-corrected chi connectivity index (χ3v) is 4.48. The number of hydrazine groups is 1. The number of hydrazone groups is 2. The number of fused-ring (bicyclic) bond motifs is 1. The van der Waals surface area contributed by atoms with Crippen LogP contribution < -0.4 is 11.3 Å². The highest BCUT2D eigenvalue weighted by Crippen LogP contribution is 2.27. The van der Waals surface area contributed by atoms with E-state index in [1.807, 2.05) is 66.1 Å². The van der Waals surface area contributed by atoms with Crippen molar-refractivity contribution in [2.75, 3.05) is 6.54 Å². The normalized spacial score (nSPS) is 18.7. The standard InChI is InChI=1S/C19H18N6O2/c20-21-17(26)12-24-19(27)16-11-15(13-7-3-1-4-8-13)22-25(16)18(23-24)14-9-5-2-6-10-14/h1-10,16H,11-12,20H2,(H,21,26). The van der Waals surface area contributed by atoms with Crippen LogP contribution in [0.1, 0.15) is 17.5 Å². The van der Waals surface area contributed by atoms with Gasteiger partial charge < -0.3 is 0 Å². The Morgan fingerprint density at radius 3 is 2.30 bits per heavy atom. The molecule has 0 saturated heterocycles. The van der Waals surface area contributed by atoms with Gasteiger partial charge in [-0.05, 0) is 5.56 Å². The number of amides is 2. The van der Waals surface area contributed by atoms with Crippen LogP contribution in [0.4, 0.5) is 0 Å². The van der Waals surface area contributed by atoms with E-state index in [9.17, 15) is 9.59 Å². The van der Waals surface area contributed by atoms with E-state index < -0.39 is 11.9 Å². The molecule has 2 heterocycles. The summed E-state index contributed by atoms with van der Waals surface area (Å²) in [5, 5.41) is 11.9. The van der Waals surface area contributed by atoms with Crippen LogP contribution in [0.2, 0.25) is 0 Å². The van der Waals surface area contributed by atoms with Gasteiger partial charge in [0.25, 0.3) is 11.8 Å². The molecule has 0 aliphatic carbocycles. The molecule has 2 amide bonds. The highest BCUT2D eigenvalue weighted by atomic mass is 16.2. The Labute approximate surface area is 155 Å². The first kappa shape index (κ1) is 16.9. The average molecular weight is 362 g/mol. The Morgan fingerprint density at radius 1 is 1.04 bits per heavy atom. The fraction of sp³-hybridized carbons (Fsp3) is 0.158. The molecule has 0 fully saturated rings. The van der Waals surface area contributed by atoms with Gasteiger partial charge in [-0.15, -0.1) is 5.10 Å². The summed E-state index contributed by atoms with van der Waals surface area (Å²) in [5.41, 5.74) is 4.61. The summed E-state index contributed by atoms with van der Waals surface area (Å²) >= 11 is 0. The first-order valence-electron chi connectivity index (χ1n) is 8.54. The molecule has 4 rings (SSSR count). The van der Waals surface area contributed by atoms with Crippen LogP contribution in [0.15, 0.2) is 70.9 Å². The SMILES string of the molecule is NNC(=O)CN1N=C(c2ccccc2)N2N=C(c3ccccc3)CC2C1=O. The van der Waals surface area contributed by atoms with Crippen molar-refractivity contribution < 1.29 is 9.59 Å². The minimum absolute atomic E-state index is 0.239. The molecule has 0 saturated carbocycles. The van der Waals surface area contributed by atoms with Crippen molar-refractivity contribution in [2.24, 2.45) is 16.0 Å². The molecule has 1 unspecified atom stereocenters. The molecule has 2 aliphatic rings. The average Bonchev–Trinajstić information content (AvgIpc) is 3.17. The van der Waals surface area contributed by atoms with Crippen molar-refractivity contribution in [3.05, 3.63) is 71.8 Å². The van der Waals surface area contributed by atoms with E-state index in [2.05, 4.69) is 10.2 Å². The fourth-order valence-corrected chi connectivity index (χ4v) is 3.16. The zero-order valence-electron chi connectivity index (χ0n) is 14.4. The highest BCUT2D eigenvalue weighted by molar-refractivity contribution is 6.11. The monoisotopic (exact) mass is 362 g/mol. The summed E-state index contributed by atoms with van der Waals surface area (Å²) in [6.07, 6.45) is 0.440. The molecule has 0 spiro atoms. The second-order valence-corrected chi connectivity index (χ2v) is 6.23. The molecule has 2 aromatic carbocycles. The van der Waals surface area contributed by atoms with Gasteiger partial charge in [-0.25, -0.2) is 15.9 Å². The number of benzene rings is 2. The number of hydrogen-bond donors (Lipinski definition) is 2. The second-order valence-electron chi connectivity index (χ2n) is 6.23. The molecule has 2 aromatic rings. The Kier molecular flexibility index (Phi) is 4.39. The van der Waals surface area contributed by atoms with Gasteiger partial charge in [0.15, 0.2) is 5.84 Å². The minimum Gasteiger partial charge on any atom is -0.293 e. The molecule has 3 N–H and O–H groups in total. The first-order chi connectivity index (χ1) is 13.2. The first-order valence-corrected chi connectivity index (χ1v) is 8.54. The van der Waals surface area contributed by atoms with Crippen LogP contribution in [-0.4, -0.2) is 46.0 Å². The Morgan fingerprint density at radius 2 is 1.67 bits per heavy atom. The maximum absolute atomic E-state index is 12.9. The van der Waals surface area contributed by atoms with E-state index in [-0.39, 0.29) is 12.5 Å². The van der Waals surface area contributed by atoms with Crippen LogP contribution >= 0.6 is 0 Å². The summed E-state index contributed by atoms with van der Waals surface area (Å²) in [6.45, 7) is -0.239. The van der Waals surface area contributed by atoms with E-state index in [1.54, 1.807) is 5.01 Å². The number of carbonyl (C=O) groups is 2. The molecule has 27 heavy (non-hydrogen) atoms. The quantitative estimate of drug-likeness (QED) is 0.474. The van der Waals surface area contributed by atoms with Crippen LogP contribution in [0, 0.1) is 0 Å². The number of amidine groups is 1. The summed E-state index contributed by atoms with van der Waals surface area (Å²) in [7, 11) is 0. The summed E-state index contributed by atoms with van der Waals surface area (Å²) < 4.78 is 0. The molecule has 0 bridgehead atoms. The fourth-order valence-electron chi connectivity index (χ4n) is 3.16. The Bertz CT molecular complexity index is 926. The van der Waals surface area contributed by atoms with Gasteiger partial charge in [0.1, 0.15) is 12.6 Å². The predicted molar refractivity (Wildman–Crippen MR) is 100 cm³/mol. The van der Waals surface area contributed by atoms with Gasteiger partial charge in [-0.1, -0.05) is 60.7 Å². The van der Waals surface area contributed by atoms with E-state index >= 15 is 0 Å². The molecular formula is C19H18N6O2. The molecule has 0 radical (unpaired) electrons. The van der Waals surface area contributed by atoms with Gasteiger partial charge in [0, 0.05) is 12.0 Å². The van der Waals surface area contributed by atoms with E-state index in [1.165, 1.54) is 0 Å². The molecule has 8 nitrogen and oxygen atoms in total. The van der Waals surface area contributed by atoms with Crippen molar-refractivity contribution in [3.8, 4) is 0 Å². The van der Waals surface area contributed by atoms with Gasteiger partial charge in [0.05, 0.1) is 5.71 Å². The minimum atomic E-state index is -0.543. The number of carbonyl (C=O) groups excluding carboxylic acids is 2. The van der Waals surface area contributed by atoms with Crippen LogP contribution in [0.3, 0.4) is 0 Å². The lowest BCUT2D eigenvalue weighted by molar-refractivity contribution is -0.140. The number of hydrogen-bond acceptors (Lipinski definition) is 6. The van der Waals surface area contributed by atoms with Crippen molar-refractivity contribution >= 4 is 23.4 Å². The third-order valence-electron chi connectivity index (χ3n) is 4.48. The summed E-state index contributed by atoms with van der Waals surface area (Å²) in [5.74, 6) is 4.92. The zero-order valence-corrected chi connectivity index (χ0v) is 14.4. The van der Waals surface area contributed by atoms with Gasteiger partial charge in [0.2, 0.25) is 0 Å². The summed E-state index contributed by atoms with van der Waals surface area (Å²) in [6, 6.07) is 18.6. The Hall–Kier alpha value is -3.52. The molecule has 136 valence electrons. The van der Waals surface area contributed by atoms with Gasteiger partial charge >= 0.3 is 0 Å². The molecule has 8 heteroatoms. The van der Waals surface area contributed by atoms with Crippen molar-refractivity contribution in [3.63, 3.8) is 0 Å².